The number of H-pyrrole nitrogens is 1. The van der Waals surface area contributed by atoms with E-state index in [9.17, 15) is 4.79 Å². The first kappa shape index (κ1) is 22.3. The summed E-state index contributed by atoms with van der Waals surface area (Å²) in [5, 5.41) is 5.17. The molecule has 1 atom stereocenters. The van der Waals surface area contributed by atoms with Gasteiger partial charge in [0, 0.05) is 22.5 Å². The number of hydrogen-bond donors (Lipinski definition) is 2. The summed E-state index contributed by atoms with van der Waals surface area (Å²) in [5.41, 5.74) is 2.65. The lowest BCUT2D eigenvalue weighted by Gasteiger charge is -2.33. The number of thiocarbonyl (C=S) groups is 1. The summed E-state index contributed by atoms with van der Waals surface area (Å²) in [6, 6.07) is 18.5. The normalized spacial score (nSPS) is 14.9. The Morgan fingerprint density at radius 1 is 1.19 bits per heavy atom. The van der Waals surface area contributed by atoms with E-state index < -0.39 is 0 Å². The van der Waals surface area contributed by atoms with Gasteiger partial charge in [-0.1, -0.05) is 43.2 Å². The number of hydrogen-bond acceptors (Lipinski definition) is 3. The van der Waals surface area contributed by atoms with Crippen molar-refractivity contribution in [2.75, 3.05) is 6.61 Å². The molecule has 3 aromatic rings. The van der Waals surface area contributed by atoms with Crippen molar-refractivity contribution in [3.05, 3.63) is 76.1 Å². The van der Waals surface area contributed by atoms with Crippen molar-refractivity contribution >= 4 is 28.2 Å². The van der Waals surface area contributed by atoms with Crippen LogP contribution in [0.2, 0.25) is 0 Å². The predicted octanol–water partition coefficient (Wildman–Crippen LogP) is 5.31. The Labute approximate surface area is 194 Å². The lowest BCUT2D eigenvalue weighted by atomic mass is 10.1. The SMILES string of the molecule is CCOc1ccc2[nH]c(=O)c(CN(C(=S)N[C@H](C)c3ccccc3)C3CCCC3)cc2c1. The average Bonchev–Trinajstić information content (AvgIpc) is 3.33. The molecule has 0 radical (unpaired) electrons. The molecule has 5 nitrogen and oxygen atoms in total. The maximum atomic E-state index is 12.9. The highest BCUT2D eigenvalue weighted by Crippen LogP contribution is 2.26. The molecule has 0 spiro atoms. The topological polar surface area (TPSA) is 57.4 Å². The summed E-state index contributed by atoms with van der Waals surface area (Å²) in [6.45, 7) is 5.18. The van der Waals surface area contributed by atoms with Crippen molar-refractivity contribution in [1.29, 1.82) is 0 Å². The van der Waals surface area contributed by atoms with E-state index in [1.807, 2.05) is 49.4 Å². The van der Waals surface area contributed by atoms with Crippen molar-refractivity contribution in [1.82, 2.24) is 15.2 Å². The molecule has 1 saturated carbocycles. The predicted molar refractivity (Wildman–Crippen MR) is 134 cm³/mol. The van der Waals surface area contributed by atoms with Crippen LogP contribution in [-0.4, -0.2) is 27.6 Å². The number of pyridine rings is 1. The van der Waals surface area contributed by atoms with E-state index in [1.165, 1.54) is 18.4 Å². The minimum atomic E-state index is -0.0661. The van der Waals surface area contributed by atoms with Gasteiger partial charge in [0.05, 0.1) is 19.2 Å². The van der Waals surface area contributed by atoms with Gasteiger partial charge in [0.2, 0.25) is 0 Å². The minimum Gasteiger partial charge on any atom is -0.494 e. The quantitative estimate of drug-likeness (QED) is 0.479. The Balaban J connectivity index is 1.59. The molecule has 0 unspecified atom stereocenters. The number of fused-ring (bicyclic) bond motifs is 1. The van der Waals surface area contributed by atoms with Gasteiger partial charge in [0.25, 0.3) is 5.56 Å². The molecular weight excluding hydrogens is 418 g/mol. The minimum absolute atomic E-state index is 0.0661. The van der Waals surface area contributed by atoms with Crippen LogP contribution in [0.1, 0.15) is 56.7 Å². The second kappa shape index (κ2) is 10.2. The van der Waals surface area contributed by atoms with Gasteiger partial charge < -0.3 is 19.9 Å². The largest absolute Gasteiger partial charge is 0.494 e. The summed E-state index contributed by atoms with van der Waals surface area (Å²) in [5.74, 6) is 0.805. The van der Waals surface area contributed by atoms with Gasteiger partial charge in [-0.05, 0) is 68.7 Å². The summed E-state index contributed by atoms with van der Waals surface area (Å²) >= 11 is 5.86. The molecule has 0 bridgehead atoms. The zero-order chi connectivity index (χ0) is 22.5. The number of benzene rings is 2. The van der Waals surface area contributed by atoms with Crippen LogP contribution in [0.4, 0.5) is 0 Å². The van der Waals surface area contributed by atoms with Crippen molar-refractivity contribution < 1.29 is 4.74 Å². The Hall–Kier alpha value is -2.86. The highest BCUT2D eigenvalue weighted by atomic mass is 32.1. The van der Waals surface area contributed by atoms with E-state index in [1.54, 1.807) is 0 Å². The molecule has 0 amide bonds. The number of nitrogens with one attached hydrogen (secondary N) is 2. The van der Waals surface area contributed by atoms with E-state index in [0.717, 1.165) is 35.1 Å². The number of aromatic amines is 1. The molecular formula is C26H31N3O2S. The van der Waals surface area contributed by atoms with Crippen LogP contribution >= 0.6 is 12.2 Å². The fourth-order valence-corrected chi connectivity index (χ4v) is 4.85. The number of rotatable bonds is 7. The molecule has 1 aliphatic carbocycles. The van der Waals surface area contributed by atoms with Crippen LogP contribution in [0.25, 0.3) is 10.9 Å². The van der Waals surface area contributed by atoms with Crippen molar-refractivity contribution in [2.45, 2.75) is 58.2 Å². The second-order valence-electron chi connectivity index (χ2n) is 8.45. The van der Waals surface area contributed by atoms with E-state index in [2.05, 4.69) is 34.3 Å². The van der Waals surface area contributed by atoms with Crippen LogP contribution in [0, 0.1) is 0 Å². The monoisotopic (exact) mass is 449 g/mol. The van der Waals surface area contributed by atoms with E-state index >= 15 is 0 Å². The summed E-state index contributed by atoms with van der Waals surface area (Å²) < 4.78 is 5.64. The maximum Gasteiger partial charge on any atom is 0.253 e. The Bertz CT molecular complexity index is 1120. The maximum absolute atomic E-state index is 12.9. The lowest BCUT2D eigenvalue weighted by molar-refractivity contribution is 0.300. The molecule has 6 heteroatoms. The van der Waals surface area contributed by atoms with Gasteiger partial charge in [-0.15, -0.1) is 0 Å². The van der Waals surface area contributed by atoms with E-state index in [0.29, 0.717) is 24.3 Å². The number of ether oxygens (including phenoxy) is 1. The van der Waals surface area contributed by atoms with Gasteiger partial charge in [0.15, 0.2) is 5.11 Å². The third-order valence-electron chi connectivity index (χ3n) is 6.21. The summed E-state index contributed by atoms with van der Waals surface area (Å²) in [4.78, 5) is 18.1. The molecule has 32 heavy (non-hydrogen) atoms. The summed E-state index contributed by atoms with van der Waals surface area (Å²) in [6.07, 6.45) is 4.59. The Kier molecular flexibility index (Phi) is 7.10. The molecule has 0 saturated heterocycles. The molecule has 2 N–H and O–H groups in total. The lowest BCUT2D eigenvalue weighted by Crippen LogP contribution is -2.46. The first-order valence-electron chi connectivity index (χ1n) is 11.5. The smallest absolute Gasteiger partial charge is 0.253 e. The molecule has 168 valence electrons. The van der Waals surface area contributed by atoms with Crippen LogP contribution in [-0.2, 0) is 6.54 Å². The van der Waals surface area contributed by atoms with Crippen molar-refractivity contribution in [2.24, 2.45) is 0 Å². The van der Waals surface area contributed by atoms with Crippen LogP contribution in [0.3, 0.4) is 0 Å². The first-order valence-corrected chi connectivity index (χ1v) is 11.9. The Morgan fingerprint density at radius 2 is 1.94 bits per heavy atom. The van der Waals surface area contributed by atoms with Crippen LogP contribution in [0.15, 0.2) is 59.4 Å². The first-order chi connectivity index (χ1) is 15.5. The zero-order valence-corrected chi connectivity index (χ0v) is 19.6. The van der Waals surface area contributed by atoms with Crippen molar-refractivity contribution in [3.8, 4) is 5.75 Å². The van der Waals surface area contributed by atoms with Gasteiger partial charge in [-0.25, -0.2) is 0 Å². The zero-order valence-electron chi connectivity index (χ0n) is 18.8. The van der Waals surface area contributed by atoms with E-state index in [4.69, 9.17) is 17.0 Å². The second-order valence-corrected chi connectivity index (χ2v) is 8.84. The molecule has 1 aromatic heterocycles. The highest BCUT2D eigenvalue weighted by molar-refractivity contribution is 7.80. The standard InChI is InChI=1S/C26H31N3O2S/c1-3-31-23-13-14-24-20(16-23)15-21(25(30)28-24)17-29(22-11-7-8-12-22)26(32)27-18(2)19-9-5-4-6-10-19/h4-6,9-10,13-16,18,22H,3,7-8,11-12,17H2,1-2H3,(H,27,32)(H,28,30)/t18-/m1/s1. The highest BCUT2D eigenvalue weighted by Gasteiger charge is 2.26. The number of aromatic nitrogens is 1. The number of nitrogens with zero attached hydrogens (tertiary/aromatic N) is 1. The molecule has 2 aromatic carbocycles. The van der Waals surface area contributed by atoms with Gasteiger partial charge in [-0.3, -0.25) is 4.79 Å². The van der Waals surface area contributed by atoms with Crippen molar-refractivity contribution in [3.63, 3.8) is 0 Å². The third kappa shape index (κ3) is 5.13. The van der Waals surface area contributed by atoms with E-state index in [-0.39, 0.29) is 11.6 Å². The van der Waals surface area contributed by atoms with Gasteiger partial charge >= 0.3 is 0 Å². The fraction of sp³-hybridized carbons (Fsp3) is 0.385. The third-order valence-corrected chi connectivity index (χ3v) is 6.56. The molecule has 1 heterocycles. The molecule has 1 fully saturated rings. The average molecular weight is 450 g/mol. The summed E-state index contributed by atoms with van der Waals surface area (Å²) in [7, 11) is 0. The van der Waals surface area contributed by atoms with Crippen LogP contribution < -0.4 is 15.6 Å². The molecule has 1 aliphatic rings. The molecule has 4 rings (SSSR count). The van der Waals surface area contributed by atoms with Gasteiger partial charge in [-0.2, -0.15) is 0 Å². The van der Waals surface area contributed by atoms with Crippen LogP contribution in [0.5, 0.6) is 5.75 Å². The van der Waals surface area contributed by atoms with Gasteiger partial charge in [0.1, 0.15) is 5.75 Å². The molecule has 0 aliphatic heterocycles. The Morgan fingerprint density at radius 3 is 2.66 bits per heavy atom. The fourth-order valence-electron chi connectivity index (χ4n) is 4.46.